The molecule has 0 fully saturated rings. The first-order valence-corrected chi connectivity index (χ1v) is 6.76. The molecule has 2 N–H and O–H groups in total. The molecular formula is C17H14F2N2O2. The van der Waals surface area contributed by atoms with Gasteiger partial charge in [-0.25, -0.2) is 8.78 Å². The maximum absolute atomic E-state index is 13.6. The van der Waals surface area contributed by atoms with Gasteiger partial charge in [0.25, 0.3) is 5.91 Å². The number of carbonyl (C=O) groups is 2. The van der Waals surface area contributed by atoms with Crippen LogP contribution in [0.2, 0.25) is 0 Å². The summed E-state index contributed by atoms with van der Waals surface area (Å²) in [6, 6.07) is 11.6. The average Bonchev–Trinajstić information content (AvgIpc) is 2.50. The molecule has 0 bridgehead atoms. The molecule has 0 aliphatic rings. The third kappa shape index (κ3) is 4.74. The van der Waals surface area contributed by atoms with Gasteiger partial charge in [0.05, 0.1) is 5.69 Å². The second-order valence-corrected chi connectivity index (χ2v) is 4.73. The lowest BCUT2D eigenvalue weighted by molar-refractivity contribution is -0.120. The van der Waals surface area contributed by atoms with Gasteiger partial charge in [-0.3, -0.25) is 9.59 Å². The quantitative estimate of drug-likeness (QED) is 0.852. The summed E-state index contributed by atoms with van der Waals surface area (Å²) >= 11 is 0. The molecule has 0 spiro atoms. The highest BCUT2D eigenvalue weighted by Gasteiger charge is 2.14. The molecular weight excluding hydrogens is 302 g/mol. The lowest BCUT2D eigenvalue weighted by Gasteiger charge is -2.10. The predicted octanol–water partition coefficient (Wildman–Crippen LogP) is 3.08. The van der Waals surface area contributed by atoms with Crippen LogP contribution in [0.5, 0.6) is 0 Å². The normalized spacial score (nSPS) is 11.0. The Kier molecular flexibility index (Phi) is 5.19. The van der Waals surface area contributed by atoms with Crippen molar-refractivity contribution in [1.29, 1.82) is 0 Å². The van der Waals surface area contributed by atoms with E-state index >= 15 is 0 Å². The Morgan fingerprint density at radius 3 is 2.35 bits per heavy atom. The smallest absolute Gasteiger partial charge is 0.272 e. The lowest BCUT2D eigenvalue weighted by atomic mass is 10.2. The zero-order chi connectivity index (χ0) is 16.8. The first-order valence-electron chi connectivity index (χ1n) is 6.76. The number of hydrogen-bond acceptors (Lipinski definition) is 2. The van der Waals surface area contributed by atoms with Crippen LogP contribution >= 0.6 is 0 Å². The highest BCUT2D eigenvalue weighted by molar-refractivity contribution is 6.08. The molecule has 118 valence electrons. The Hall–Kier alpha value is -3.02. The van der Waals surface area contributed by atoms with Crippen molar-refractivity contribution in [3.05, 3.63) is 71.4 Å². The number of benzene rings is 2. The zero-order valence-electron chi connectivity index (χ0n) is 12.3. The summed E-state index contributed by atoms with van der Waals surface area (Å²) in [4.78, 5) is 23.5. The van der Waals surface area contributed by atoms with Gasteiger partial charge in [-0.15, -0.1) is 0 Å². The molecule has 0 aliphatic carbocycles. The molecule has 0 unspecified atom stereocenters. The minimum atomic E-state index is -0.903. The van der Waals surface area contributed by atoms with Crippen molar-refractivity contribution in [2.45, 2.75) is 6.92 Å². The molecule has 2 aromatic rings. The van der Waals surface area contributed by atoms with E-state index in [1.165, 1.54) is 13.0 Å². The summed E-state index contributed by atoms with van der Waals surface area (Å²) in [5.74, 6) is -2.81. The van der Waals surface area contributed by atoms with Gasteiger partial charge in [-0.2, -0.15) is 0 Å². The van der Waals surface area contributed by atoms with Crippen molar-refractivity contribution < 1.29 is 18.4 Å². The van der Waals surface area contributed by atoms with E-state index in [1.807, 2.05) is 6.07 Å². The molecule has 0 atom stereocenters. The van der Waals surface area contributed by atoms with Gasteiger partial charge in [0.1, 0.15) is 17.3 Å². The topological polar surface area (TPSA) is 58.2 Å². The average molecular weight is 316 g/mol. The van der Waals surface area contributed by atoms with Crippen LogP contribution in [-0.2, 0) is 9.59 Å². The third-order valence-electron chi connectivity index (χ3n) is 2.85. The van der Waals surface area contributed by atoms with Crippen molar-refractivity contribution >= 4 is 23.6 Å². The van der Waals surface area contributed by atoms with Gasteiger partial charge in [-0.1, -0.05) is 30.3 Å². The first-order chi connectivity index (χ1) is 11.0. The number of halogens is 2. The molecule has 0 saturated carbocycles. The molecule has 2 amide bonds. The Balaban J connectivity index is 2.26. The van der Waals surface area contributed by atoms with Gasteiger partial charge in [0, 0.05) is 13.0 Å². The molecule has 23 heavy (non-hydrogen) atoms. The van der Waals surface area contributed by atoms with E-state index in [0.717, 1.165) is 12.1 Å². The molecule has 0 radical (unpaired) electrons. The molecule has 0 aromatic heterocycles. The molecule has 2 aromatic carbocycles. The summed E-state index contributed by atoms with van der Waals surface area (Å²) < 4.78 is 26.5. The minimum Gasteiger partial charge on any atom is -0.322 e. The number of nitrogens with one attached hydrogen (secondary N) is 2. The molecule has 6 heteroatoms. The van der Waals surface area contributed by atoms with Crippen LogP contribution in [0.1, 0.15) is 12.5 Å². The molecule has 4 nitrogen and oxygen atoms in total. The zero-order valence-corrected chi connectivity index (χ0v) is 12.3. The monoisotopic (exact) mass is 316 g/mol. The van der Waals surface area contributed by atoms with Crippen LogP contribution in [-0.4, -0.2) is 11.8 Å². The van der Waals surface area contributed by atoms with Crippen molar-refractivity contribution in [2.24, 2.45) is 0 Å². The van der Waals surface area contributed by atoms with Gasteiger partial charge >= 0.3 is 0 Å². The molecule has 0 aliphatic heterocycles. The number of carbonyl (C=O) groups excluding carboxylic acids is 2. The van der Waals surface area contributed by atoms with Crippen molar-refractivity contribution in [2.75, 3.05) is 5.32 Å². The summed E-state index contributed by atoms with van der Waals surface area (Å²) in [6.45, 7) is 1.25. The highest BCUT2D eigenvalue weighted by Crippen LogP contribution is 2.16. The van der Waals surface area contributed by atoms with E-state index in [2.05, 4.69) is 10.6 Å². The Morgan fingerprint density at radius 2 is 1.74 bits per heavy atom. The van der Waals surface area contributed by atoms with Crippen molar-refractivity contribution in [3.8, 4) is 0 Å². The number of anilines is 1. The van der Waals surface area contributed by atoms with Crippen molar-refractivity contribution in [3.63, 3.8) is 0 Å². The predicted molar refractivity (Wildman–Crippen MR) is 83.2 cm³/mol. The van der Waals surface area contributed by atoms with Crippen LogP contribution in [0.4, 0.5) is 14.5 Å². The minimum absolute atomic E-state index is 0.0487. The number of hydrogen-bond donors (Lipinski definition) is 2. The molecule has 0 saturated heterocycles. The fourth-order valence-corrected chi connectivity index (χ4v) is 1.84. The first kappa shape index (κ1) is 16.4. The van der Waals surface area contributed by atoms with Crippen LogP contribution in [0.3, 0.4) is 0 Å². The maximum atomic E-state index is 13.6. The largest absolute Gasteiger partial charge is 0.322 e. The Bertz CT molecular complexity index is 758. The fourth-order valence-electron chi connectivity index (χ4n) is 1.84. The van der Waals surface area contributed by atoms with E-state index in [4.69, 9.17) is 0 Å². The molecule has 0 heterocycles. The van der Waals surface area contributed by atoms with Gasteiger partial charge < -0.3 is 10.6 Å². The van der Waals surface area contributed by atoms with E-state index < -0.39 is 23.4 Å². The third-order valence-corrected chi connectivity index (χ3v) is 2.85. The summed E-state index contributed by atoms with van der Waals surface area (Å²) in [6.07, 6.45) is 1.46. The maximum Gasteiger partial charge on any atom is 0.272 e. The summed E-state index contributed by atoms with van der Waals surface area (Å²) in [5.41, 5.74) is 0.458. The highest BCUT2D eigenvalue weighted by atomic mass is 19.1. The van der Waals surface area contributed by atoms with Gasteiger partial charge in [0.2, 0.25) is 5.91 Å². The van der Waals surface area contributed by atoms with Gasteiger partial charge in [-0.05, 0) is 23.8 Å². The van der Waals surface area contributed by atoms with Gasteiger partial charge in [0.15, 0.2) is 0 Å². The second kappa shape index (κ2) is 7.31. The molecule has 2 rings (SSSR count). The van der Waals surface area contributed by atoms with Crippen LogP contribution in [0, 0.1) is 11.6 Å². The standard InChI is InChI=1S/C17H14F2N2O2/c1-11(22)20-16(9-12-5-3-2-4-6-12)17(23)21-15-8-7-13(18)10-14(15)19/h2-10H,1H3,(H,20,22)(H,21,23)/b16-9-. The van der Waals surface area contributed by atoms with Crippen LogP contribution < -0.4 is 10.6 Å². The van der Waals surface area contributed by atoms with E-state index in [1.54, 1.807) is 24.3 Å². The van der Waals surface area contributed by atoms with E-state index in [0.29, 0.717) is 11.6 Å². The Morgan fingerprint density at radius 1 is 1.04 bits per heavy atom. The fraction of sp³-hybridized carbons (Fsp3) is 0.0588. The lowest BCUT2D eigenvalue weighted by Crippen LogP contribution is -2.29. The SMILES string of the molecule is CC(=O)N/C(=C\c1ccccc1)C(=O)Nc1ccc(F)cc1F. The second-order valence-electron chi connectivity index (χ2n) is 4.73. The summed E-state index contributed by atoms with van der Waals surface area (Å²) in [7, 11) is 0. The Labute approximate surface area is 131 Å². The van der Waals surface area contributed by atoms with Crippen LogP contribution in [0.15, 0.2) is 54.2 Å². The van der Waals surface area contributed by atoms with E-state index in [9.17, 15) is 18.4 Å². The van der Waals surface area contributed by atoms with Crippen molar-refractivity contribution in [1.82, 2.24) is 5.32 Å². The number of amides is 2. The summed E-state index contributed by atoms with van der Waals surface area (Å²) in [5, 5.41) is 4.69. The number of rotatable bonds is 4. The van der Waals surface area contributed by atoms with Crippen LogP contribution in [0.25, 0.3) is 6.08 Å². The van der Waals surface area contributed by atoms with E-state index in [-0.39, 0.29) is 11.4 Å².